The number of benzene rings is 2. The van der Waals surface area contributed by atoms with Gasteiger partial charge in [0, 0.05) is 11.8 Å². The lowest BCUT2D eigenvalue weighted by atomic mass is 9.92. The Bertz CT molecular complexity index is 890. The highest BCUT2D eigenvalue weighted by molar-refractivity contribution is 5.93. The topological polar surface area (TPSA) is 12.9 Å². The van der Waals surface area contributed by atoms with Gasteiger partial charge >= 0.3 is 0 Å². The van der Waals surface area contributed by atoms with Crippen LogP contribution in [0, 0.1) is 0 Å². The molecule has 0 amide bonds. The van der Waals surface area contributed by atoms with Gasteiger partial charge in [-0.1, -0.05) is 56.3 Å². The fraction of sp³-hybridized carbons (Fsp3) is 0.174. The molecule has 3 aromatic rings. The standard InChI is InChI=1S/C23H21N/c1-16(2)18-12-20-13-19(17-8-4-3-5-9-17)15-21(20)22(14-18)23-10-6-7-11-24-23/h3-12,14-16H,13H2,1-2H3. The summed E-state index contributed by atoms with van der Waals surface area (Å²) in [6, 6.07) is 21.5. The molecule has 0 saturated carbocycles. The molecule has 0 unspecified atom stereocenters. The van der Waals surface area contributed by atoms with Gasteiger partial charge in [0.25, 0.3) is 0 Å². The van der Waals surface area contributed by atoms with E-state index >= 15 is 0 Å². The number of rotatable bonds is 3. The first-order chi connectivity index (χ1) is 11.7. The van der Waals surface area contributed by atoms with Crippen LogP contribution < -0.4 is 0 Å². The second kappa shape index (κ2) is 6.09. The molecule has 0 saturated heterocycles. The summed E-state index contributed by atoms with van der Waals surface area (Å²) >= 11 is 0. The Morgan fingerprint density at radius 3 is 2.42 bits per heavy atom. The van der Waals surface area contributed by atoms with Crippen molar-refractivity contribution in [3.05, 3.63) is 89.1 Å². The summed E-state index contributed by atoms with van der Waals surface area (Å²) < 4.78 is 0. The van der Waals surface area contributed by atoms with Crippen LogP contribution in [-0.4, -0.2) is 4.98 Å². The van der Waals surface area contributed by atoms with Crippen LogP contribution >= 0.6 is 0 Å². The van der Waals surface area contributed by atoms with Crippen molar-refractivity contribution in [2.75, 3.05) is 0 Å². The summed E-state index contributed by atoms with van der Waals surface area (Å²) in [5.74, 6) is 0.513. The van der Waals surface area contributed by atoms with Crippen molar-refractivity contribution in [2.24, 2.45) is 0 Å². The van der Waals surface area contributed by atoms with Gasteiger partial charge in [0.15, 0.2) is 0 Å². The first kappa shape index (κ1) is 14.9. The molecule has 4 rings (SSSR count). The van der Waals surface area contributed by atoms with Crippen LogP contribution in [0.5, 0.6) is 0 Å². The highest BCUT2D eigenvalue weighted by atomic mass is 14.7. The Labute approximate surface area is 143 Å². The van der Waals surface area contributed by atoms with E-state index in [0.717, 1.165) is 12.1 Å². The van der Waals surface area contributed by atoms with Crippen molar-refractivity contribution in [2.45, 2.75) is 26.2 Å². The smallest absolute Gasteiger partial charge is 0.0708 e. The summed E-state index contributed by atoms with van der Waals surface area (Å²) in [6.07, 6.45) is 5.22. The van der Waals surface area contributed by atoms with Crippen molar-refractivity contribution in [3.8, 4) is 11.3 Å². The molecule has 0 bridgehead atoms. The average molecular weight is 311 g/mol. The molecule has 2 aromatic carbocycles. The van der Waals surface area contributed by atoms with E-state index in [1.54, 1.807) is 0 Å². The summed E-state index contributed by atoms with van der Waals surface area (Å²) in [7, 11) is 0. The van der Waals surface area contributed by atoms with Crippen molar-refractivity contribution >= 4 is 11.6 Å². The molecule has 118 valence electrons. The lowest BCUT2D eigenvalue weighted by molar-refractivity contribution is 0.864. The molecule has 0 spiro atoms. The molecule has 1 nitrogen and oxygen atoms in total. The van der Waals surface area contributed by atoms with Gasteiger partial charge in [-0.15, -0.1) is 0 Å². The number of hydrogen-bond acceptors (Lipinski definition) is 1. The second-order valence-corrected chi connectivity index (χ2v) is 6.72. The summed E-state index contributed by atoms with van der Waals surface area (Å²) in [5.41, 5.74) is 9.15. The molecular weight excluding hydrogens is 290 g/mol. The molecule has 0 fully saturated rings. The number of aromatic nitrogens is 1. The van der Waals surface area contributed by atoms with Crippen LogP contribution in [0.4, 0.5) is 0 Å². The minimum absolute atomic E-state index is 0.513. The summed E-state index contributed by atoms with van der Waals surface area (Å²) in [6.45, 7) is 4.51. The molecule has 0 radical (unpaired) electrons. The van der Waals surface area contributed by atoms with Gasteiger partial charge in [-0.25, -0.2) is 0 Å². The van der Waals surface area contributed by atoms with E-state index in [1.807, 2.05) is 12.3 Å². The van der Waals surface area contributed by atoms with Crippen LogP contribution in [-0.2, 0) is 6.42 Å². The first-order valence-corrected chi connectivity index (χ1v) is 8.56. The third kappa shape index (κ3) is 2.67. The van der Waals surface area contributed by atoms with Crippen LogP contribution in [0.3, 0.4) is 0 Å². The molecule has 24 heavy (non-hydrogen) atoms. The highest BCUT2D eigenvalue weighted by Gasteiger charge is 2.20. The Morgan fingerprint density at radius 2 is 1.71 bits per heavy atom. The minimum Gasteiger partial charge on any atom is -0.256 e. The van der Waals surface area contributed by atoms with Crippen molar-refractivity contribution in [1.82, 2.24) is 4.98 Å². The Morgan fingerprint density at radius 1 is 0.917 bits per heavy atom. The van der Waals surface area contributed by atoms with E-state index in [4.69, 9.17) is 0 Å². The second-order valence-electron chi connectivity index (χ2n) is 6.72. The maximum Gasteiger partial charge on any atom is 0.0708 e. The van der Waals surface area contributed by atoms with Gasteiger partial charge < -0.3 is 0 Å². The van der Waals surface area contributed by atoms with Gasteiger partial charge in [-0.3, -0.25) is 4.98 Å². The third-order valence-electron chi connectivity index (χ3n) is 4.74. The van der Waals surface area contributed by atoms with Gasteiger partial charge in [-0.05, 0) is 64.4 Å². The molecule has 0 atom stereocenters. The lowest BCUT2D eigenvalue weighted by Crippen LogP contribution is -1.96. The maximum atomic E-state index is 4.60. The quantitative estimate of drug-likeness (QED) is 0.581. The normalized spacial score (nSPS) is 13.0. The lowest BCUT2D eigenvalue weighted by Gasteiger charge is -2.13. The van der Waals surface area contributed by atoms with E-state index in [-0.39, 0.29) is 0 Å². The number of nitrogens with zero attached hydrogens (tertiary/aromatic N) is 1. The Balaban J connectivity index is 1.87. The fourth-order valence-corrected chi connectivity index (χ4v) is 3.39. The van der Waals surface area contributed by atoms with E-state index in [2.05, 4.69) is 79.5 Å². The largest absolute Gasteiger partial charge is 0.256 e. The van der Waals surface area contributed by atoms with Crippen molar-refractivity contribution < 1.29 is 0 Å². The first-order valence-electron chi connectivity index (χ1n) is 8.56. The Hall–Kier alpha value is -2.67. The van der Waals surface area contributed by atoms with E-state index < -0.39 is 0 Å². The summed E-state index contributed by atoms with van der Waals surface area (Å²) in [5, 5.41) is 0. The van der Waals surface area contributed by atoms with Gasteiger partial charge in [-0.2, -0.15) is 0 Å². The predicted octanol–water partition coefficient (Wildman–Crippen LogP) is 5.97. The average Bonchev–Trinajstić information content (AvgIpc) is 3.06. The summed E-state index contributed by atoms with van der Waals surface area (Å²) in [4.78, 5) is 4.60. The molecule has 1 heterocycles. The zero-order chi connectivity index (χ0) is 16.5. The maximum absolute atomic E-state index is 4.60. The number of fused-ring (bicyclic) bond motifs is 1. The molecule has 0 N–H and O–H groups in total. The molecule has 1 aromatic heterocycles. The predicted molar refractivity (Wildman–Crippen MR) is 102 cm³/mol. The van der Waals surface area contributed by atoms with E-state index in [9.17, 15) is 0 Å². The Kier molecular flexibility index (Phi) is 3.78. The molecule has 1 heteroatoms. The molecular formula is C23H21N. The van der Waals surface area contributed by atoms with Crippen LogP contribution in [0.15, 0.2) is 66.9 Å². The molecule has 0 aliphatic heterocycles. The van der Waals surface area contributed by atoms with Crippen LogP contribution in [0.1, 0.15) is 42.0 Å². The zero-order valence-electron chi connectivity index (χ0n) is 14.2. The number of allylic oxidation sites excluding steroid dienone is 1. The van der Waals surface area contributed by atoms with Gasteiger partial charge in [0.05, 0.1) is 5.69 Å². The van der Waals surface area contributed by atoms with Gasteiger partial charge in [0.2, 0.25) is 0 Å². The molecule has 1 aliphatic carbocycles. The van der Waals surface area contributed by atoms with E-state index in [0.29, 0.717) is 5.92 Å². The van der Waals surface area contributed by atoms with Crippen molar-refractivity contribution in [3.63, 3.8) is 0 Å². The van der Waals surface area contributed by atoms with Crippen LogP contribution in [0.25, 0.3) is 22.9 Å². The van der Waals surface area contributed by atoms with Crippen LogP contribution in [0.2, 0.25) is 0 Å². The SMILES string of the molecule is CC(C)c1cc2c(c(-c3ccccn3)c1)C=C(c1ccccc1)C2. The number of pyridine rings is 1. The zero-order valence-corrected chi connectivity index (χ0v) is 14.2. The van der Waals surface area contributed by atoms with Crippen molar-refractivity contribution in [1.29, 1.82) is 0 Å². The van der Waals surface area contributed by atoms with E-state index in [1.165, 1.54) is 33.4 Å². The fourth-order valence-electron chi connectivity index (χ4n) is 3.39. The third-order valence-corrected chi connectivity index (χ3v) is 4.74. The minimum atomic E-state index is 0.513. The number of hydrogen-bond donors (Lipinski definition) is 0. The highest BCUT2D eigenvalue weighted by Crippen LogP contribution is 2.39. The van der Waals surface area contributed by atoms with Gasteiger partial charge in [0.1, 0.15) is 0 Å². The monoisotopic (exact) mass is 311 g/mol. The molecule has 1 aliphatic rings.